The molecule has 1 aromatic carbocycles. The normalized spacial score (nSPS) is 15.0. The quantitative estimate of drug-likeness (QED) is 0.737. The molecule has 3 aromatic rings. The summed E-state index contributed by atoms with van der Waals surface area (Å²) in [6.45, 7) is 3.87. The molecule has 3 heterocycles. The number of piperazine rings is 1. The van der Waals surface area contributed by atoms with Crippen LogP contribution in [0.15, 0.2) is 42.6 Å². The average Bonchev–Trinajstić information content (AvgIpc) is 3.18. The highest BCUT2D eigenvalue weighted by molar-refractivity contribution is 6.00. The predicted molar refractivity (Wildman–Crippen MR) is 107 cm³/mol. The highest BCUT2D eigenvalue weighted by atomic mass is 16.5. The van der Waals surface area contributed by atoms with Gasteiger partial charge in [-0.3, -0.25) is 14.7 Å². The molecule has 7 heteroatoms. The molecular formula is C21H24N4O3. The molecule has 0 saturated carbocycles. The van der Waals surface area contributed by atoms with Crippen LogP contribution < -0.4 is 9.47 Å². The number of pyridine rings is 1. The number of benzene rings is 1. The van der Waals surface area contributed by atoms with E-state index in [9.17, 15) is 4.79 Å². The van der Waals surface area contributed by atoms with Crippen molar-refractivity contribution in [2.24, 2.45) is 0 Å². The third kappa shape index (κ3) is 3.66. The monoisotopic (exact) mass is 380 g/mol. The molecule has 146 valence electrons. The molecule has 0 radical (unpaired) electrons. The first kappa shape index (κ1) is 18.3. The number of carbonyl (C=O) groups excluding carboxylic acids is 1. The van der Waals surface area contributed by atoms with Crippen molar-refractivity contribution < 1.29 is 14.3 Å². The molecule has 7 nitrogen and oxygen atoms in total. The fourth-order valence-corrected chi connectivity index (χ4v) is 3.58. The van der Waals surface area contributed by atoms with Crippen molar-refractivity contribution in [1.82, 2.24) is 19.8 Å². The van der Waals surface area contributed by atoms with Crippen LogP contribution in [0.2, 0.25) is 0 Å². The summed E-state index contributed by atoms with van der Waals surface area (Å²) >= 11 is 0. The molecule has 1 aliphatic rings. The zero-order chi connectivity index (χ0) is 19.5. The number of methoxy groups -OCH3 is 2. The van der Waals surface area contributed by atoms with Gasteiger partial charge in [0.25, 0.3) is 5.91 Å². The second-order valence-corrected chi connectivity index (χ2v) is 6.86. The van der Waals surface area contributed by atoms with Gasteiger partial charge in [0.2, 0.25) is 0 Å². The maximum absolute atomic E-state index is 13.0. The number of aromatic nitrogens is 2. The Kier molecular flexibility index (Phi) is 5.16. The molecule has 0 aliphatic carbocycles. The lowest BCUT2D eigenvalue weighted by atomic mass is 10.2. The zero-order valence-corrected chi connectivity index (χ0v) is 16.1. The Morgan fingerprint density at radius 1 is 1.11 bits per heavy atom. The minimum absolute atomic E-state index is 0.00899. The fourth-order valence-electron chi connectivity index (χ4n) is 3.58. The van der Waals surface area contributed by atoms with Crippen molar-refractivity contribution in [3.63, 3.8) is 0 Å². The summed E-state index contributed by atoms with van der Waals surface area (Å²) in [7, 11) is 3.23. The smallest absolute Gasteiger partial charge is 0.270 e. The summed E-state index contributed by atoms with van der Waals surface area (Å²) in [5.41, 5.74) is 2.45. The molecular weight excluding hydrogens is 356 g/mol. The predicted octanol–water partition coefficient (Wildman–Crippen LogP) is 2.54. The van der Waals surface area contributed by atoms with Crippen LogP contribution in [0.3, 0.4) is 0 Å². The minimum atomic E-state index is 0.00899. The Labute approximate surface area is 163 Å². The van der Waals surface area contributed by atoms with Crippen LogP contribution >= 0.6 is 0 Å². The maximum Gasteiger partial charge on any atom is 0.270 e. The van der Waals surface area contributed by atoms with E-state index in [-0.39, 0.29) is 5.91 Å². The van der Waals surface area contributed by atoms with Crippen LogP contribution in [0.1, 0.15) is 16.2 Å². The lowest BCUT2D eigenvalue weighted by Gasteiger charge is -2.34. The first-order valence-electron chi connectivity index (χ1n) is 9.34. The molecule has 28 heavy (non-hydrogen) atoms. The Balaban J connectivity index is 1.45. The number of H-pyrrole nitrogens is 1. The van der Waals surface area contributed by atoms with E-state index in [0.29, 0.717) is 30.3 Å². The summed E-state index contributed by atoms with van der Waals surface area (Å²) in [5, 5.41) is 0.875. The van der Waals surface area contributed by atoms with E-state index in [1.165, 1.54) is 0 Å². The Hall–Kier alpha value is -3.06. The van der Waals surface area contributed by atoms with Crippen LogP contribution in [0.5, 0.6) is 11.5 Å². The van der Waals surface area contributed by atoms with Crippen LogP contribution in [-0.2, 0) is 6.54 Å². The van der Waals surface area contributed by atoms with Gasteiger partial charge < -0.3 is 19.4 Å². The molecule has 0 atom stereocenters. The van der Waals surface area contributed by atoms with Gasteiger partial charge in [-0.2, -0.15) is 0 Å². The summed E-state index contributed by atoms with van der Waals surface area (Å²) in [6, 6.07) is 11.5. The van der Waals surface area contributed by atoms with Crippen molar-refractivity contribution in [3.8, 4) is 11.5 Å². The van der Waals surface area contributed by atoms with E-state index < -0.39 is 0 Å². The van der Waals surface area contributed by atoms with Crippen molar-refractivity contribution in [2.75, 3.05) is 40.4 Å². The van der Waals surface area contributed by atoms with Gasteiger partial charge >= 0.3 is 0 Å². The molecule has 2 aromatic heterocycles. The first-order valence-corrected chi connectivity index (χ1v) is 9.34. The molecule has 1 amide bonds. The molecule has 0 bridgehead atoms. The highest BCUT2D eigenvalue weighted by Crippen LogP contribution is 2.32. The van der Waals surface area contributed by atoms with Crippen LogP contribution in [0.25, 0.3) is 10.9 Å². The molecule has 0 unspecified atom stereocenters. The van der Waals surface area contributed by atoms with Gasteiger partial charge in [-0.1, -0.05) is 6.07 Å². The number of nitrogens with zero attached hydrogens (tertiary/aromatic N) is 3. The number of fused-ring (bicyclic) bond motifs is 1. The van der Waals surface area contributed by atoms with Crippen molar-refractivity contribution in [2.45, 2.75) is 6.54 Å². The number of ether oxygens (including phenoxy) is 2. The van der Waals surface area contributed by atoms with E-state index in [0.717, 1.165) is 36.2 Å². The molecule has 4 rings (SSSR count). The Bertz CT molecular complexity index is 962. The number of carbonyl (C=O) groups is 1. The van der Waals surface area contributed by atoms with Crippen LogP contribution in [-0.4, -0.2) is 66.1 Å². The van der Waals surface area contributed by atoms with Gasteiger partial charge in [0.05, 0.1) is 25.4 Å². The molecule has 1 aliphatic heterocycles. The molecule has 1 fully saturated rings. The second-order valence-electron chi connectivity index (χ2n) is 6.86. The number of amides is 1. The summed E-state index contributed by atoms with van der Waals surface area (Å²) in [5.74, 6) is 1.38. The van der Waals surface area contributed by atoms with Crippen molar-refractivity contribution in [1.29, 1.82) is 0 Å². The molecule has 1 saturated heterocycles. The van der Waals surface area contributed by atoms with Gasteiger partial charge in [-0.25, -0.2) is 0 Å². The zero-order valence-electron chi connectivity index (χ0n) is 16.1. The maximum atomic E-state index is 13.0. The second kappa shape index (κ2) is 7.90. The van der Waals surface area contributed by atoms with Crippen molar-refractivity contribution in [3.05, 3.63) is 54.0 Å². The fraction of sp³-hybridized carbons (Fsp3) is 0.333. The summed E-state index contributed by atoms with van der Waals surface area (Å²) in [6.07, 6.45) is 1.81. The van der Waals surface area contributed by atoms with E-state index in [1.54, 1.807) is 14.2 Å². The average molecular weight is 380 g/mol. The number of rotatable bonds is 5. The third-order valence-corrected chi connectivity index (χ3v) is 5.13. The minimum Gasteiger partial charge on any atom is -0.497 e. The third-order valence-electron chi connectivity index (χ3n) is 5.13. The lowest BCUT2D eigenvalue weighted by Crippen LogP contribution is -2.48. The van der Waals surface area contributed by atoms with Crippen LogP contribution in [0.4, 0.5) is 0 Å². The van der Waals surface area contributed by atoms with E-state index >= 15 is 0 Å². The largest absolute Gasteiger partial charge is 0.497 e. The van der Waals surface area contributed by atoms with E-state index in [1.807, 2.05) is 47.5 Å². The highest BCUT2D eigenvalue weighted by Gasteiger charge is 2.24. The van der Waals surface area contributed by atoms with Gasteiger partial charge in [0.1, 0.15) is 17.2 Å². The molecule has 0 spiro atoms. The van der Waals surface area contributed by atoms with Crippen molar-refractivity contribution >= 4 is 16.8 Å². The van der Waals surface area contributed by atoms with E-state index in [4.69, 9.17) is 9.47 Å². The Morgan fingerprint density at radius 2 is 1.93 bits per heavy atom. The SMILES string of the molecule is COc1cc(OC)c2cc(C(=O)N3CCN(Cc4ccccn4)CC3)[nH]c2c1. The lowest BCUT2D eigenvalue weighted by molar-refractivity contribution is 0.0622. The summed E-state index contributed by atoms with van der Waals surface area (Å²) in [4.78, 5) is 24.8. The standard InChI is InChI=1S/C21H24N4O3/c1-27-16-11-18-17(20(12-16)28-2)13-19(23-18)21(26)25-9-7-24(8-10-25)14-15-5-3-4-6-22-15/h3-6,11-13,23H,7-10,14H2,1-2H3. The first-order chi connectivity index (χ1) is 13.7. The summed E-state index contributed by atoms with van der Waals surface area (Å²) < 4.78 is 10.7. The number of hydrogen-bond acceptors (Lipinski definition) is 5. The topological polar surface area (TPSA) is 70.7 Å². The van der Waals surface area contributed by atoms with Gasteiger partial charge in [0.15, 0.2) is 0 Å². The van der Waals surface area contributed by atoms with E-state index in [2.05, 4.69) is 14.9 Å². The molecule has 1 N–H and O–H groups in total. The van der Waals surface area contributed by atoms with Crippen LogP contribution in [0, 0.1) is 0 Å². The number of aromatic amines is 1. The number of hydrogen-bond donors (Lipinski definition) is 1. The van der Waals surface area contributed by atoms with Gasteiger partial charge in [-0.15, -0.1) is 0 Å². The van der Waals surface area contributed by atoms with Gasteiger partial charge in [-0.05, 0) is 18.2 Å². The Morgan fingerprint density at radius 3 is 2.61 bits per heavy atom. The van der Waals surface area contributed by atoms with Gasteiger partial charge in [0, 0.05) is 56.4 Å². The number of nitrogens with one attached hydrogen (secondary N) is 1.